The lowest BCUT2D eigenvalue weighted by molar-refractivity contribution is 0.294. The van der Waals surface area contributed by atoms with Gasteiger partial charge in [-0.1, -0.05) is 0 Å². The zero-order valence-corrected chi connectivity index (χ0v) is 21.1. The first-order valence-corrected chi connectivity index (χ1v) is 13.4. The molecule has 188 valence electrons. The summed E-state index contributed by atoms with van der Waals surface area (Å²) in [5.74, 6) is 4.67. The summed E-state index contributed by atoms with van der Waals surface area (Å²) in [5, 5.41) is 0. The predicted molar refractivity (Wildman–Crippen MR) is 138 cm³/mol. The quantitative estimate of drug-likeness (QED) is 0.308. The number of hydrogen-bond donors (Lipinski definition) is 0. The molecule has 0 N–H and O–H groups in total. The first-order valence-electron chi connectivity index (χ1n) is 13.4. The summed E-state index contributed by atoms with van der Waals surface area (Å²) in [7, 11) is 0. The third-order valence-electron chi connectivity index (χ3n) is 7.09. The molecule has 6 heteroatoms. The van der Waals surface area contributed by atoms with Crippen LogP contribution in [0.25, 0.3) is 0 Å². The molecule has 0 radical (unpaired) electrons. The Morgan fingerprint density at radius 1 is 0.639 bits per heavy atom. The molecular formula is C30H35N3O3. The number of aromatic nitrogens is 3. The van der Waals surface area contributed by atoms with Crippen molar-refractivity contribution in [3.05, 3.63) is 71.1 Å². The number of pyridine rings is 3. The topological polar surface area (TPSA) is 66.4 Å². The summed E-state index contributed by atoms with van der Waals surface area (Å²) in [6, 6.07) is 6.31. The number of rotatable bonds is 13. The van der Waals surface area contributed by atoms with E-state index in [0.29, 0.717) is 30.6 Å². The normalized spacial score (nSPS) is 17.1. The Morgan fingerprint density at radius 3 is 1.83 bits per heavy atom. The molecule has 3 aromatic rings. The van der Waals surface area contributed by atoms with Crippen molar-refractivity contribution >= 4 is 0 Å². The van der Waals surface area contributed by atoms with Crippen molar-refractivity contribution in [3.63, 3.8) is 0 Å². The fourth-order valence-electron chi connectivity index (χ4n) is 4.21. The molecule has 36 heavy (non-hydrogen) atoms. The smallest absolute Gasteiger partial charge is 0.141 e. The fourth-order valence-corrected chi connectivity index (χ4v) is 4.21. The molecule has 0 bridgehead atoms. The van der Waals surface area contributed by atoms with Crippen molar-refractivity contribution in [1.29, 1.82) is 0 Å². The maximum absolute atomic E-state index is 6.30. The van der Waals surface area contributed by atoms with Gasteiger partial charge in [0, 0.05) is 31.4 Å². The van der Waals surface area contributed by atoms with E-state index >= 15 is 0 Å². The molecule has 0 spiro atoms. The van der Waals surface area contributed by atoms with Crippen LogP contribution < -0.4 is 14.2 Å². The van der Waals surface area contributed by atoms with Gasteiger partial charge in [0.1, 0.15) is 17.2 Å². The van der Waals surface area contributed by atoms with Gasteiger partial charge in [0.2, 0.25) is 0 Å². The fraction of sp³-hybridized carbons (Fsp3) is 0.500. The van der Waals surface area contributed by atoms with Gasteiger partial charge in [-0.25, -0.2) is 0 Å². The number of hydrogen-bond acceptors (Lipinski definition) is 6. The van der Waals surface area contributed by atoms with E-state index in [1.54, 1.807) is 6.20 Å². The minimum Gasteiger partial charge on any atom is -0.492 e. The summed E-state index contributed by atoms with van der Waals surface area (Å²) >= 11 is 0. The van der Waals surface area contributed by atoms with Gasteiger partial charge in [-0.3, -0.25) is 15.0 Å². The van der Waals surface area contributed by atoms with Crippen molar-refractivity contribution in [2.75, 3.05) is 19.8 Å². The van der Waals surface area contributed by atoms with Gasteiger partial charge < -0.3 is 14.2 Å². The molecule has 6 rings (SSSR count). The Kier molecular flexibility index (Phi) is 6.75. The lowest BCUT2D eigenvalue weighted by atomic mass is 10.1. The standard InChI is InChI=1S/C30H35N3O3/c1-20-8-29(35-18-22-4-5-22)27(32-13-20)11-25-12-30(36-19-23-6-7-23)28(33-15-25)10-24-9-26(16-31-14-24)34-17-21-2-3-21/h8-9,12-16,21-23H,2-7,10-11,17-19H2,1H3. The SMILES string of the molecule is Cc1cnc(Cc2cnc(Cc3cncc(OCC4CC4)c3)c(OCC3CC3)c2)c(OCC2CC2)c1. The lowest BCUT2D eigenvalue weighted by Crippen LogP contribution is -2.07. The highest BCUT2D eigenvalue weighted by molar-refractivity contribution is 5.40. The van der Waals surface area contributed by atoms with E-state index < -0.39 is 0 Å². The molecule has 3 saturated carbocycles. The van der Waals surface area contributed by atoms with E-state index in [-0.39, 0.29) is 0 Å². The van der Waals surface area contributed by atoms with Crippen LogP contribution in [-0.2, 0) is 12.8 Å². The minimum atomic E-state index is 0.659. The first kappa shape index (κ1) is 23.3. The van der Waals surface area contributed by atoms with Crippen molar-refractivity contribution in [2.24, 2.45) is 17.8 Å². The second-order valence-corrected chi connectivity index (χ2v) is 10.9. The number of aryl methyl sites for hydroxylation is 1. The zero-order valence-electron chi connectivity index (χ0n) is 21.1. The summed E-state index contributed by atoms with van der Waals surface area (Å²) in [5.41, 5.74) is 5.16. The summed E-state index contributed by atoms with van der Waals surface area (Å²) in [6.07, 6.45) is 16.5. The van der Waals surface area contributed by atoms with Crippen LogP contribution >= 0.6 is 0 Å². The number of nitrogens with zero attached hydrogens (tertiary/aromatic N) is 3. The molecule has 0 aromatic carbocycles. The van der Waals surface area contributed by atoms with Crippen molar-refractivity contribution in [3.8, 4) is 17.2 Å². The highest BCUT2D eigenvalue weighted by atomic mass is 16.5. The van der Waals surface area contributed by atoms with Crippen LogP contribution in [0.2, 0.25) is 0 Å². The minimum absolute atomic E-state index is 0.659. The largest absolute Gasteiger partial charge is 0.492 e. The highest BCUT2D eigenvalue weighted by Gasteiger charge is 2.24. The zero-order chi connectivity index (χ0) is 24.3. The molecule has 3 aliphatic rings. The Balaban J connectivity index is 1.19. The third kappa shape index (κ3) is 6.54. The number of ether oxygens (including phenoxy) is 3. The van der Waals surface area contributed by atoms with Crippen LogP contribution in [0.1, 0.15) is 66.6 Å². The Hall–Kier alpha value is -3.15. The van der Waals surface area contributed by atoms with Crippen LogP contribution in [0.5, 0.6) is 17.2 Å². The monoisotopic (exact) mass is 485 g/mol. The average Bonchev–Trinajstić information content (AvgIpc) is 3.74. The second kappa shape index (κ2) is 10.5. The van der Waals surface area contributed by atoms with Crippen LogP contribution in [0.15, 0.2) is 43.0 Å². The van der Waals surface area contributed by atoms with E-state index in [0.717, 1.165) is 65.1 Å². The molecule has 3 aromatic heterocycles. The van der Waals surface area contributed by atoms with E-state index in [4.69, 9.17) is 24.2 Å². The molecule has 0 unspecified atom stereocenters. The molecular weight excluding hydrogens is 450 g/mol. The van der Waals surface area contributed by atoms with Crippen molar-refractivity contribution in [2.45, 2.75) is 58.3 Å². The lowest BCUT2D eigenvalue weighted by Gasteiger charge is -2.15. The van der Waals surface area contributed by atoms with Crippen LogP contribution in [-0.4, -0.2) is 34.8 Å². The van der Waals surface area contributed by atoms with Crippen molar-refractivity contribution < 1.29 is 14.2 Å². The van der Waals surface area contributed by atoms with Gasteiger partial charge in [-0.15, -0.1) is 0 Å². The van der Waals surface area contributed by atoms with E-state index in [1.807, 2.05) is 18.6 Å². The molecule has 6 nitrogen and oxygen atoms in total. The molecule has 0 atom stereocenters. The van der Waals surface area contributed by atoms with Crippen LogP contribution in [0.3, 0.4) is 0 Å². The molecule has 3 aliphatic carbocycles. The van der Waals surface area contributed by atoms with E-state index in [9.17, 15) is 0 Å². The van der Waals surface area contributed by atoms with Crippen LogP contribution in [0, 0.1) is 24.7 Å². The van der Waals surface area contributed by atoms with E-state index in [2.05, 4.69) is 30.1 Å². The van der Waals surface area contributed by atoms with Gasteiger partial charge in [0.05, 0.1) is 37.4 Å². The first-order chi connectivity index (χ1) is 17.7. The molecule has 0 aliphatic heterocycles. The van der Waals surface area contributed by atoms with E-state index in [1.165, 1.54) is 38.5 Å². The molecule has 3 heterocycles. The van der Waals surface area contributed by atoms with Gasteiger partial charge in [0.15, 0.2) is 0 Å². The van der Waals surface area contributed by atoms with Gasteiger partial charge in [0.25, 0.3) is 0 Å². The van der Waals surface area contributed by atoms with Crippen LogP contribution in [0.4, 0.5) is 0 Å². The van der Waals surface area contributed by atoms with Crippen molar-refractivity contribution in [1.82, 2.24) is 15.0 Å². The van der Waals surface area contributed by atoms with Gasteiger partial charge >= 0.3 is 0 Å². The molecule has 0 saturated heterocycles. The third-order valence-corrected chi connectivity index (χ3v) is 7.09. The Morgan fingerprint density at radius 2 is 1.19 bits per heavy atom. The maximum Gasteiger partial charge on any atom is 0.141 e. The Bertz CT molecular complexity index is 1200. The van der Waals surface area contributed by atoms with Gasteiger partial charge in [-0.2, -0.15) is 0 Å². The van der Waals surface area contributed by atoms with Gasteiger partial charge in [-0.05, 0) is 98.1 Å². The summed E-state index contributed by atoms with van der Waals surface area (Å²) < 4.78 is 18.4. The maximum atomic E-state index is 6.30. The second-order valence-electron chi connectivity index (χ2n) is 10.9. The molecule has 3 fully saturated rings. The summed E-state index contributed by atoms with van der Waals surface area (Å²) in [6.45, 7) is 4.37. The predicted octanol–water partition coefficient (Wildman–Crippen LogP) is 5.73. The highest BCUT2D eigenvalue weighted by Crippen LogP contribution is 2.33. The molecule has 0 amide bonds. The summed E-state index contributed by atoms with van der Waals surface area (Å²) in [4.78, 5) is 14.0. The Labute approximate surface area is 213 Å². The average molecular weight is 486 g/mol.